The first kappa shape index (κ1) is 32.4. The lowest BCUT2D eigenvalue weighted by Crippen LogP contribution is -2.27. The van der Waals surface area contributed by atoms with E-state index in [0.717, 1.165) is 77.9 Å². The average molecular weight is 675 g/mol. The number of fused-ring (bicyclic) bond motifs is 6. The molecule has 2 heteroatoms. The van der Waals surface area contributed by atoms with Crippen LogP contribution in [0.1, 0.15) is 84.0 Å². The molecule has 0 spiro atoms. The monoisotopic (exact) mass is 674 g/mol. The molecule has 0 aliphatic heterocycles. The second-order valence-corrected chi connectivity index (χ2v) is 15.1. The molecule has 52 heavy (non-hydrogen) atoms. The Balaban J connectivity index is 1.22. The van der Waals surface area contributed by atoms with Gasteiger partial charge in [0.25, 0.3) is 0 Å². The molecule has 0 heterocycles. The highest BCUT2D eigenvalue weighted by Gasteiger charge is 2.45. The van der Waals surface area contributed by atoms with E-state index in [1.807, 2.05) is 48.5 Å². The third-order valence-electron chi connectivity index (χ3n) is 11.6. The molecule has 7 aromatic rings. The Kier molecular flexibility index (Phi) is 7.48. The van der Waals surface area contributed by atoms with Gasteiger partial charge >= 0.3 is 0 Å². The van der Waals surface area contributed by atoms with E-state index >= 15 is 0 Å². The van der Waals surface area contributed by atoms with Gasteiger partial charge in [-0.05, 0) is 67.5 Å². The van der Waals surface area contributed by atoms with Gasteiger partial charge in [-0.2, -0.15) is 0 Å². The molecule has 0 unspecified atom stereocenters. The zero-order chi connectivity index (χ0) is 35.8. The largest absolute Gasteiger partial charge is 0.376 e. The van der Waals surface area contributed by atoms with Gasteiger partial charge in [-0.25, -0.2) is 0 Å². The standard InChI is InChI=1S/C50H42O2/c1-31(2)35-25-27-47(49(51)43-17-9-5-13-37(43)38-14-6-10-18-44(38)49)41(29-35)33-21-23-34(24-22-33)42-30-36(32(3)4)26-28-48(42)50(52)45-19-11-7-15-39(45)40-16-8-12-20-46(40)50/h5-32,51-52H,1-4H3. The van der Waals surface area contributed by atoms with Gasteiger partial charge in [-0.3, -0.25) is 0 Å². The quantitative estimate of drug-likeness (QED) is 0.184. The van der Waals surface area contributed by atoms with Gasteiger partial charge in [-0.1, -0.05) is 185 Å². The first-order chi connectivity index (χ1) is 25.2. The van der Waals surface area contributed by atoms with Crippen LogP contribution in [-0.4, -0.2) is 10.2 Å². The van der Waals surface area contributed by atoms with E-state index in [2.05, 4.69) is 137 Å². The third kappa shape index (κ3) is 4.64. The number of hydrogen-bond acceptors (Lipinski definition) is 2. The van der Waals surface area contributed by atoms with Crippen LogP contribution < -0.4 is 0 Å². The van der Waals surface area contributed by atoms with Crippen molar-refractivity contribution in [3.63, 3.8) is 0 Å². The van der Waals surface area contributed by atoms with Gasteiger partial charge in [-0.15, -0.1) is 0 Å². The average Bonchev–Trinajstić information content (AvgIpc) is 3.61. The maximum Gasteiger partial charge on any atom is 0.142 e. The van der Waals surface area contributed by atoms with Crippen LogP contribution in [-0.2, 0) is 11.2 Å². The predicted octanol–water partition coefficient (Wildman–Crippen LogP) is 11.8. The summed E-state index contributed by atoms with van der Waals surface area (Å²) in [6, 6.07) is 54.8. The second kappa shape index (κ2) is 12.0. The van der Waals surface area contributed by atoms with E-state index in [0.29, 0.717) is 11.8 Å². The molecule has 7 aromatic carbocycles. The maximum absolute atomic E-state index is 13.0. The fraction of sp³-hybridized carbons (Fsp3) is 0.160. The van der Waals surface area contributed by atoms with E-state index in [9.17, 15) is 10.2 Å². The molecule has 0 atom stereocenters. The molecule has 2 N–H and O–H groups in total. The summed E-state index contributed by atoms with van der Waals surface area (Å²) in [7, 11) is 0. The van der Waals surface area contributed by atoms with Crippen molar-refractivity contribution in [3.8, 4) is 44.5 Å². The summed E-state index contributed by atoms with van der Waals surface area (Å²) in [5.74, 6) is 0.646. The smallest absolute Gasteiger partial charge is 0.142 e. The minimum atomic E-state index is -1.30. The normalized spacial score (nSPS) is 14.6. The summed E-state index contributed by atoms with van der Waals surface area (Å²) in [6.07, 6.45) is 0. The minimum Gasteiger partial charge on any atom is -0.376 e. The predicted molar refractivity (Wildman–Crippen MR) is 213 cm³/mol. The van der Waals surface area contributed by atoms with Crippen molar-refractivity contribution in [1.82, 2.24) is 0 Å². The van der Waals surface area contributed by atoms with E-state index in [1.165, 1.54) is 11.1 Å². The molecule has 0 amide bonds. The highest BCUT2D eigenvalue weighted by atomic mass is 16.3. The zero-order valence-electron chi connectivity index (χ0n) is 30.1. The highest BCUT2D eigenvalue weighted by Crippen LogP contribution is 2.55. The molecule has 2 aliphatic rings. The Morgan fingerprint density at radius 3 is 0.885 bits per heavy atom. The van der Waals surface area contributed by atoms with Crippen LogP contribution in [0.25, 0.3) is 44.5 Å². The highest BCUT2D eigenvalue weighted by molar-refractivity contribution is 5.87. The molecule has 0 saturated carbocycles. The van der Waals surface area contributed by atoms with Crippen molar-refractivity contribution < 1.29 is 10.2 Å². The Morgan fingerprint density at radius 1 is 0.327 bits per heavy atom. The Labute approximate surface area is 306 Å². The van der Waals surface area contributed by atoms with Gasteiger partial charge in [0.1, 0.15) is 11.2 Å². The Bertz CT molecular complexity index is 2230. The molecule has 254 valence electrons. The molecular weight excluding hydrogens is 633 g/mol. The summed E-state index contributed by atoms with van der Waals surface area (Å²) in [6.45, 7) is 8.85. The van der Waals surface area contributed by atoms with Crippen molar-refractivity contribution in [2.24, 2.45) is 0 Å². The van der Waals surface area contributed by atoms with Crippen molar-refractivity contribution >= 4 is 0 Å². The third-order valence-corrected chi connectivity index (χ3v) is 11.6. The second-order valence-electron chi connectivity index (χ2n) is 15.1. The van der Waals surface area contributed by atoms with Crippen molar-refractivity contribution in [1.29, 1.82) is 0 Å². The number of rotatable bonds is 6. The molecule has 0 fully saturated rings. The summed E-state index contributed by atoms with van der Waals surface area (Å²) in [4.78, 5) is 0. The fourth-order valence-electron chi connectivity index (χ4n) is 8.78. The van der Waals surface area contributed by atoms with Crippen molar-refractivity contribution in [3.05, 3.63) is 202 Å². The zero-order valence-corrected chi connectivity index (χ0v) is 30.1. The van der Waals surface area contributed by atoms with Gasteiger partial charge in [0.2, 0.25) is 0 Å². The lowest BCUT2D eigenvalue weighted by molar-refractivity contribution is 0.131. The molecule has 2 aliphatic carbocycles. The SMILES string of the molecule is CC(C)c1ccc(C2(O)c3ccccc3-c3ccccc32)c(-c2ccc(-c3cc(C(C)C)ccc3C3(O)c4ccccc4-c4ccccc43)cc2)c1. The van der Waals surface area contributed by atoms with E-state index in [-0.39, 0.29) is 0 Å². The number of aliphatic hydroxyl groups is 2. The first-order valence-corrected chi connectivity index (χ1v) is 18.4. The van der Waals surface area contributed by atoms with Crippen molar-refractivity contribution in [2.45, 2.75) is 50.7 Å². The summed E-state index contributed by atoms with van der Waals surface area (Å²) in [5.41, 5.74) is 13.6. The van der Waals surface area contributed by atoms with Crippen LogP contribution >= 0.6 is 0 Å². The van der Waals surface area contributed by atoms with Crippen LogP contribution in [0, 0.1) is 0 Å². The first-order valence-electron chi connectivity index (χ1n) is 18.4. The fourth-order valence-corrected chi connectivity index (χ4v) is 8.78. The van der Waals surface area contributed by atoms with Crippen molar-refractivity contribution in [2.75, 3.05) is 0 Å². The summed E-state index contributed by atoms with van der Waals surface area (Å²) in [5, 5.41) is 25.9. The van der Waals surface area contributed by atoms with Gasteiger partial charge in [0.15, 0.2) is 0 Å². The molecule has 2 nitrogen and oxygen atoms in total. The molecule has 0 radical (unpaired) electrons. The number of hydrogen-bond donors (Lipinski definition) is 2. The van der Waals surface area contributed by atoms with Gasteiger partial charge in [0.05, 0.1) is 0 Å². The summed E-state index contributed by atoms with van der Waals surface area (Å²) >= 11 is 0. The molecule has 0 bridgehead atoms. The van der Waals surface area contributed by atoms with Crippen LogP contribution in [0.4, 0.5) is 0 Å². The number of benzene rings is 7. The lowest BCUT2D eigenvalue weighted by Gasteiger charge is -2.30. The van der Waals surface area contributed by atoms with Crippen LogP contribution in [0.15, 0.2) is 158 Å². The van der Waals surface area contributed by atoms with Crippen LogP contribution in [0.5, 0.6) is 0 Å². The molecule has 0 aromatic heterocycles. The molecule has 9 rings (SSSR count). The maximum atomic E-state index is 13.0. The Morgan fingerprint density at radius 2 is 0.596 bits per heavy atom. The summed E-state index contributed by atoms with van der Waals surface area (Å²) < 4.78 is 0. The molecule has 0 saturated heterocycles. The van der Waals surface area contributed by atoms with Gasteiger partial charge < -0.3 is 10.2 Å². The van der Waals surface area contributed by atoms with Crippen LogP contribution in [0.2, 0.25) is 0 Å². The lowest BCUT2D eigenvalue weighted by atomic mass is 9.78. The minimum absolute atomic E-state index is 0.323. The van der Waals surface area contributed by atoms with Gasteiger partial charge in [0, 0.05) is 33.4 Å². The van der Waals surface area contributed by atoms with E-state index in [1.54, 1.807) is 0 Å². The Hall–Kier alpha value is -5.54. The topological polar surface area (TPSA) is 40.5 Å². The van der Waals surface area contributed by atoms with Crippen LogP contribution in [0.3, 0.4) is 0 Å². The van der Waals surface area contributed by atoms with E-state index in [4.69, 9.17) is 0 Å². The molecular formula is C50H42O2. The van der Waals surface area contributed by atoms with E-state index < -0.39 is 11.2 Å².